The van der Waals surface area contributed by atoms with Crippen LogP contribution in [0.3, 0.4) is 0 Å². The molecule has 0 aromatic heterocycles. The van der Waals surface area contributed by atoms with Gasteiger partial charge in [-0.15, -0.1) is 5.92 Å². The lowest BCUT2D eigenvalue weighted by Crippen LogP contribution is -2.44. The second-order valence-corrected chi connectivity index (χ2v) is 3.04. The molecule has 1 rings (SSSR count). The predicted molar refractivity (Wildman–Crippen MR) is 51.2 cm³/mol. The highest BCUT2D eigenvalue weighted by molar-refractivity contribution is 5.03. The number of rotatable bonds is 3. The molecule has 0 saturated carbocycles. The monoisotopic (exact) mass is 182 g/mol. The molecule has 13 heavy (non-hydrogen) atoms. The van der Waals surface area contributed by atoms with Crippen LogP contribution in [0.2, 0.25) is 0 Å². The van der Waals surface area contributed by atoms with Gasteiger partial charge in [0.1, 0.15) is 0 Å². The van der Waals surface area contributed by atoms with Gasteiger partial charge in [-0.05, 0) is 0 Å². The summed E-state index contributed by atoms with van der Waals surface area (Å²) in [6.45, 7) is 7.56. The molecule has 1 fully saturated rings. The van der Waals surface area contributed by atoms with Crippen molar-refractivity contribution in [2.45, 2.75) is 6.10 Å². The number of methoxy groups -OCH3 is 1. The molecule has 1 saturated heterocycles. The predicted octanol–water partition coefficient (Wildman–Crippen LogP) is 0.171. The van der Waals surface area contributed by atoms with Gasteiger partial charge in [0.05, 0.1) is 25.9 Å². The van der Waals surface area contributed by atoms with Crippen molar-refractivity contribution in [3.05, 3.63) is 6.92 Å². The molecule has 3 nitrogen and oxygen atoms in total. The Bertz CT molecular complexity index is 193. The zero-order valence-electron chi connectivity index (χ0n) is 8.08. The van der Waals surface area contributed by atoms with Gasteiger partial charge in [-0.3, -0.25) is 4.90 Å². The van der Waals surface area contributed by atoms with E-state index in [2.05, 4.69) is 23.7 Å². The highest BCUT2D eigenvalue weighted by Gasteiger charge is 2.18. The van der Waals surface area contributed by atoms with Gasteiger partial charge in [-0.1, -0.05) is 5.92 Å². The highest BCUT2D eigenvalue weighted by Crippen LogP contribution is 2.04. The zero-order chi connectivity index (χ0) is 9.52. The van der Waals surface area contributed by atoms with Gasteiger partial charge in [0.2, 0.25) is 0 Å². The fraction of sp³-hybridized carbons (Fsp3) is 0.700. The Kier molecular flexibility index (Phi) is 4.84. The Morgan fingerprint density at radius 1 is 1.69 bits per heavy atom. The summed E-state index contributed by atoms with van der Waals surface area (Å²) >= 11 is 0. The average Bonchev–Trinajstić information content (AvgIpc) is 2.16. The first-order valence-electron chi connectivity index (χ1n) is 4.44. The maximum absolute atomic E-state index is 5.50. The molecular formula is C10H16NO2. The lowest BCUT2D eigenvalue weighted by atomic mass is 10.3. The molecule has 0 N–H and O–H groups in total. The minimum atomic E-state index is 0.199. The molecule has 1 atom stereocenters. The summed E-state index contributed by atoms with van der Waals surface area (Å²) in [6, 6.07) is 0. The van der Waals surface area contributed by atoms with Crippen molar-refractivity contribution in [2.24, 2.45) is 0 Å². The summed E-state index contributed by atoms with van der Waals surface area (Å²) in [7, 11) is 1.69. The second-order valence-electron chi connectivity index (χ2n) is 3.04. The van der Waals surface area contributed by atoms with Crippen molar-refractivity contribution in [1.82, 2.24) is 4.90 Å². The van der Waals surface area contributed by atoms with E-state index in [0.29, 0.717) is 6.61 Å². The van der Waals surface area contributed by atoms with E-state index < -0.39 is 0 Å². The minimum absolute atomic E-state index is 0.199. The standard InChI is InChI=1S/C10H16NO2/c1-3-4-5-11-6-7-13-10(8-11)9-12-2/h10H,1,5-9H2,2H3. The lowest BCUT2D eigenvalue weighted by Gasteiger charge is -2.31. The minimum Gasteiger partial charge on any atom is -0.382 e. The molecule has 0 aliphatic carbocycles. The second kappa shape index (κ2) is 5.98. The zero-order valence-corrected chi connectivity index (χ0v) is 8.08. The Hall–Kier alpha value is -0.560. The van der Waals surface area contributed by atoms with Crippen LogP contribution in [0, 0.1) is 18.8 Å². The first kappa shape index (κ1) is 10.5. The van der Waals surface area contributed by atoms with Crippen molar-refractivity contribution < 1.29 is 9.47 Å². The molecule has 3 heteroatoms. The normalized spacial score (nSPS) is 23.7. The maximum atomic E-state index is 5.50. The van der Waals surface area contributed by atoms with Gasteiger partial charge < -0.3 is 9.47 Å². The maximum Gasteiger partial charge on any atom is 0.0935 e. The van der Waals surface area contributed by atoms with Gasteiger partial charge in [-0.25, -0.2) is 0 Å². The largest absolute Gasteiger partial charge is 0.382 e. The summed E-state index contributed by atoms with van der Waals surface area (Å²) < 4.78 is 10.5. The van der Waals surface area contributed by atoms with Crippen LogP contribution in [0.5, 0.6) is 0 Å². The SMILES string of the molecule is [CH2]C#CCN1CCOC(COC)C1. The smallest absolute Gasteiger partial charge is 0.0935 e. The van der Waals surface area contributed by atoms with E-state index >= 15 is 0 Å². The van der Waals surface area contributed by atoms with E-state index in [1.165, 1.54) is 0 Å². The summed E-state index contributed by atoms with van der Waals surface area (Å²) in [4.78, 5) is 2.26. The molecule has 0 spiro atoms. The molecule has 1 aliphatic heterocycles. The van der Waals surface area contributed by atoms with E-state index in [1.807, 2.05) is 0 Å². The number of ether oxygens (including phenoxy) is 2. The third-order valence-corrected chi connectivity index (χ3v) is 2.00. The van der Waals surface area contributed by atoms with Crippen molar-refractivity contribution in [1.29, 1.82) is 0 Å². The van der Waals surface area contributed by atoms with Crippen LogP contribution in [0.1, 0.15) is 0 Å². The Morgan fingerprint density at radius 2 is 2.54 bits per heavy atom. The molecule has 0 amide bonds. The Balaban J connectivity index is 2.27. The van der Waals surface area contributed by atoms with Crippen LogP contribution >= 0.6 is 0 Å². The van der Waals surface area contributed by atoms with Crippen LogP contribution in [0.15, 0.2) is 0 Å². The number of nitrogens with zero attached hydrogens (tertiary/aromatic N) is 1. The number of morpholine rings is 1. The topological polar surface area (TPSA) is 21.7 Å². The number of hydrogen-bond acceptors (Lipinski definition) is 3. The molecular weight excluding hydrogens is 166 g/mol. The fourth-order valence-electron chi connectivity index (χ4n) is 1.38. The van der Waals surface area contributed by atoms with Crippen LogP contribution in [0.25, 0.3) is 0 Å². The Morgan fingerprint density at radius 3 is 3.23 bits per heavy atom. The molecule has 73 valence electrons. The molecule has 0 aromatic rings. The van der Waals surface area contributed by atoms with Crippen molar-refractivity contribution in [3.8, 4) is 11.8 Å². The lowest BCUT2D eigenvalue weighted by molar-refractivity contribution is -0.0575. The van der Waals surface area contributed by atoms with Crippen molar-refractivity contribution in [3.63, 3.8) is 0 Å². The highest BCUT2D eigenvalue weighted by atomic mass is 16.5. The van der Waals surface area contributed by atoms with Crippen LogP contribution in [-0.2, 0) is 9.47 Å². The van der Waals surface area contributed by atoms with Crippen molar-refractivity contribution in [2.75, 3.05) is 40.0 Å². The molecule has 0 aromatic carbocycles. The van der Waals surface area contributed by atoms with E-state index in [1.54, 1.807) is 7.11 Å². The third-order valence-electron chi connectivity index (χ3n) is 2.00. The quantitative estimate of drug-likeness (QED) is 0.581. The first-order valence-corrected chi connectivity index (χ1v) is 4.44. The van der Waals surface area contributed by atoms with E-state index in [9.17, 15) is 0 Å². The number of hydrogen-bond donors (Lipinski definition) is 0. The Labute approximate surface area is 80.0 Å². The van der Waals surface area contributed by atoms with Crippen LogP contribution < -0.4 is 0 Å². The van der Waals surface area contributed by atoms with E-state index in [4.69, 9.17) is 9.47 Å². The van der Waals surface area contributed by atoms with E-state index in [-0.39, 0.29) is 6.10 Å². The van der Waals surface area contributed by atoms with Gasteiger partial charge in [-0.2, -0.15) is 0 Å². The molecule has 1 aliphatic rings. The summed E-state index contributed by atoms with van der Waals surface area (Å²) in [5.41, 5.74) is 0. The third kappa shape index (κ3) is 3.77. The summed E-state index contributed by atoms with van der Waals surface area (Å²) in [6.07, 6.45) is 0.199. The molecule has 1 radical (unpaired) electrons. The van der Waals surface area contributed by atoms with Crippen LogP contribution in [-0.4, -0.2) is 51.0 Å². The van der Waals surface area contributed by atoms with Gasteiger partial charge in [0.25, 0.3) is 0 Å². The van der Waals surface area contributed by atoms with Gasteiger partial charge in [0.15, 0.2) is 0 Å². The van der Waals surface area contributed by atoms with Crippen LogP contribution in [0.4, 0.5) is 0 Å². The van der Waals surface area contributed by atoms with E-state index in [0.717, 1.165) is 26.2 Å². The fourth-order valence-corrected chi connectivity index (χ4v) is 1.38. The summed E-state index contributed by atoms with van der Waals surface area (Å²) in [5.74, 6) is 5.60. The van der Waals surface area contributed by atoms with Gasteiger partial charge >= 0.3 is 0 Å². The first-order chi connectivity index (χ1) is 6.36. The molecule has 1 heterocycles. The van der Waals surface area contributed by atoms with Gasteiger partial charge in [0, 0.05) is 27.1 Å². The summed E-state index contributed by atoms with van der Waals surface area (Å²) in [5, 5.41) is 0. The van der Waals surface area contributed by atoms with Crippen molar-refractivity contribution >= 4 is 0 Å². The molecule has 1 unspecified atom stereocenters. The molecule has 0 bridgehead atoms. The average molecular weight is 182 g/mol.